The number of rotatable bonds is 4. The Bertz CT molecular complexity index is 80.0. The first kappa shape index (κ1) is 8.74. The van der Waals surface area contributed by atoms with Crippen LogP contribution in [0.3, 0.4) is 0 Å². The molecule has 0 heteroatoms. The fraction of sp³-hybridized carbons (Fsp3) is 0.667. The van der Waals surface area contributed by atoms with Crippen LogP contribution in [0.5, 0.6) is 0 Å². The Morgan fingerprint density at radius 2 is 2.22 bits per heavy atom. The summed E-state index contributed by atoms with van der Waals surface area (Å²) in [6, 6.07) is 0. The van der Waals surface area contributed by atoms with Crippen LogP contribution in [0.1, 0.15) is 39.5 Å². The summed E-state index contributed by atoms with van der Waals surface area (Å²) in [5.74, 6) is 0. The van der Waals surface area contributed by atoms with Gasteiger partial charge < -0.3 is 0 Å². The van der Waals surface area contributed by atoms with Crippen molar-refractivity contribution in [3.05, 3.63) is 18.6 Å². The van der Waals surface area contributed by atoms with Gasteiger partial charge in [0, 0.05) is 0 Å². The molecule has 53 valence electrons. The number of allylic oxidation sites excluding steroid dienone is 2. The minimum atomic E-state index is 0.983. The molecule has 0 saturated heterocycles. The molecule has 1 radical (unpaired) electrons. The van der Waals surface area contributed by atoms with Crippen molar-refractivity contribution < 1.29 is 0 Å². The second kappa shape index (κ2) is 5.87. The summed E-state index contributed by atoms with van der Waals surface area (Å²) in [6.45, 7) is 8.15. The third kappa shape index (κ3) is 4.26. The maximum Gasteiger partial charge on any atom is -0.0320 e. The molecule has 0 heterocycles. The molecule has 0 atom stereocenters. The van der Waals surface area contributed by atoms with E-state index >= 15 is 0 Å². The lowest BCUT2D eigenvalue weighted by Gasteiger charge is -1.99. The zero-order chi connectivity index (χ0) is 7.11. The molecule has 0 aromatic heterocycles. The van der Waals surface area contributed by atoms with Crippen LogP contribution in [0, 0.1) is 6.92 Å². The van der Waals surface area contributed by atoms with E-state index in [-0.39, 0.29) is 0 Å². The molecule has 0 bridgehead atoms. The fourth-order valence-corrected chi connectivity index (χ4v) is 0.818. The van der Waals surface area contributed by atoms with Crippen molar-refractivity contribution in [3.8, 4) is 0 Å². The van der Waals surface area contributed by atoms with Gasteiger partial charge in [0.25, 0.3) is 0 Å². The molecule has 0 nitrogen and oxygen atoms in total. The highest BCUT2D eigenvalue weighted by Crippen LogP contribution is 2.09. The molecule has 0 N–H and O–H groups in total. The van der Waals surface area contributed by atoms with Gasteiger partial charge in [0.1, 0.15) is 0 Å². The summed E-state index contributed by atoms with van der Waals surface area (Å²) in [5.41, 5.74) is 1.50. The van der Waals surface area contributed by atoms with E-state index in [0.29, 0.717) is 0 Å². The van der Waals surface area contributed by atoms with E-state index in [4.69, 9.17) is 0 Å². The molecular formula is C9H17. The Kier molecular flexibility index (Phi) is 5.70. The molecule has 0 amide bonds. The lowest BCUT2D eigenvalue weighted by molar-refractivity contribution is 0.774. The molecule has 0 saturated carbocycles. The Hall–Kier alpha value is -0.260. The highest BCUT2D eigenvalue weighted by molar-refractivity contribution is 5.00. The van der Waals surface area contributed by atoms with Crippen molar-refractivity contribution in [2.45, 2.75) is 39.5 Å². The maximum atomic E-state index is 3.84. The quantitative estimate of drug-likeness (QED) is 0.505. The zero-order valence-corrected chi connectivity index (χ0v) is 6.61. The van der Waals surface area contributed by atoms with E-state index in [9.17, 15) is 0 Å². The van der Waals surface area contributed by atoms with Crippen molar-refractivity contribution in [2.75, 3.05) is 0 Å². The van der Waals surface area contributed by atoms with Crippen LogP contribution in [0.15, 0.2) is 11.6 Å². The van der Waals surface area contributed by atoms with Gasteiger partial charge in [-0.3, -0.25) is 0 Å². The molecular weight excluding hydrogens is 108 g/mol. The summed E-state index contributed by atoms with van der Waals surface area (Å²) < 4.78 is 0. The van der Waals surface area contributed by atoms with E-state index in [1.165, 1.54) is 24.8 Å². The summed E-state index contributed by atoms with van der Waals surface area (Å²) in [6.07, 6.45) is 7.02. The van der Waals surface area contributed by atoms with Gasteiger partial charge in [0.15, 0.2) is 0 Å². The number of unbranched alkanes of at least 4 members (excludes halogenated alkanes) is 1. The van der Waals surface area contributed by atoms with Crippen LogP contribution >= 0.6 is 0 Å². The van der Waals surface area contributed by atoms with Crippen LogP contribution in [-0.4, -0.2) is 0 Å². The van der Waals surface area contributed by atoms with Gasteiger partial charge in [-0.05, 0) is 33.1 Å². The molecule has 9 heavy (non-hydrogen) atoms. The first-order valence-corrected chi connectivity index (χ1v) is 3.78. The molecule has 0 unspecified atom stereocenters. The summed E-state index contributed by atoms with van der Waals surface area (Å²) >= 11 is 0. The Morgan fingerprint density at radius 1 is 1.56 bits per heavy atom. The van der Waals surface area contributed by atoms with Crippen molar-refractivity contribution in [1.29, 1.82) is 0 Å². The molecule has 0 fully saturated rings. The summed E-state index contributed by atoms with van der Waals surface area (Å²) in [5, 5.41) is 0. The first-order valence-electron chi connectivity index (χ1n) is 3.78. The second-order valence-electron chi connectivity index (χ2n) is 2.30. The van der Waals surface area contributed by atoms with Crippen LogP contribution in [0.4, 0.5) is 0 Å². The van der Waals surface area contributed by atoms with E-state index in [1.807, 2.05) is 0 Å². The Labute approximate surface area is 59.0 Å². The Morgan fingerprint density at radius 3 is 2.56 bits per heavy atom. The number of hydrogen-bond donors (Lipinski definition) is 0. The van der Waals surface area contributed by atoms with E-state index in [2.05, 4.69) is 26.8 Å². The molecule has 0 aliphatic rings. The monoisotopic (exact) mass is 125 g/mol. The lowest BCUT2D eigenvalue weighted by atomic mass is 10.1. The minimum Gasteiger partial charge on any atom is -0.0885 e. The number of hydrogen-bond acceptors (Lipinski definition) is 0. The lowest BCUT2D eigenvalue weighted by Crippen LogP contribution is -1.79. The zero-order valence-electron chi connectivity index (χ0n) is 6.61. The van der Waals surface area contributed by atoms with Gasteiger partial charge in [0.05, 0.1) is 0 Å². The third-order valence-electron chi connectivity index (χ3n) is 1.58. The van der Waals surface area contributed by atoms with Crippen LogP contribution in [0.25, 0.3) is 0 Å². The highest BCUT2D eigenvalue weighted by Gasteiger charge is 1.89. The standard InChI is InChI=1S/C9H17/c1-4-7-8-9(5-2)6-3/h6H,2,4-5,7-8H2,1,3H3. The molecule has 0 aliphatic carbocycles. The normalized spacial score (nSPS) is 12.1. The van der Waals surface area contributed by atoms with Crippen molar-refractivity contribution in [1.82, 2.24) is 0 Å². The molecule has 0 rings (SSSR count). The van der Waals surface area contributed by atoms with Crippen LogP contribution in [0.2, 0.25) is 0 Å². The SMILES string of the molecule is [CH2]CC(=CC)CCCC. The molecule has 0 spiro atoms. The van der Waals surface area contributed by atoms with Gasteiger partial charge in [-0.25, -0.2) is 0 Å². The Balaban J connectivity index is 3.33. The van der Waals surface area contributed by atoms with Gasteiger partial charge in [0.2, 0.25) is 0 Å². The second-order valence-corrected chi connectivity index (χ2v) is 2.30. The van der Waals surface area contributed by atoms with Crippen molar-refractivity contribution >= 4 is 0 Å². The predicted molar refractivity (Wildman–Crippen MR) is 43.3 cm³/mol. The first-order chi connectivity index (χ1) is 4.35. The molecule has 0 aromatic carbocycles. The smallest absolute Gasteiger partial charge is 0.0320 e. The van der Waals surface area contributed by atoms with Crippen molar-refractivity contribution in [2.24, 2.45) is 0 Å². The van der Waals surface area contributed by atoms with Crippen LogP contribution < -0.4 is 0 Å². The summed E-state index contributed by atoms with van der Waals surface area (Å²) in [7, 11) is 0. The highest BCUT2D eigenvalue weighted by atomic mass is 14.0. The maximum absolute atomic E-state index is 3.84. The van der Waals surface area contributed by atoms with E-state index in [1.54, 1.807) is 0 Å². The van der Waals surface area contributed by atoms with Crippen LogP contribution in [-0.2, 0) is 0 Å². The van der Waals surface area contributed by atoms with Gasteiger partial charge >= 0.3 is 0 Å². The van der Waals surface area contributed by atoms with Gasteiger partial charge in [-0.2, -0.15) is 0 Å². The molecule has 0 aromatic rings. The molecule has 0 aliphatic heterocycles. The minimum absolute atomic E-state index is 0.983. The average molecular weight is 125 g/mol. The van der Waals surface area contributed by atoms with E-state index < -0.39 is 0 Å². The largest absolute Gasteiger partial charge is 0.0885 e. The van der Waals surface area contributed by atoms with E-state index in [0.717, 1.165) is 6.42 Å². The summed E-state index contributed by atoms with van der Waals surface area (Å²) in [4.78, 5) is 0. The van der Waals surface area contributed by atoms with Crippen molar-refractivity contribution in [3.63, 3.8) is 0 Å². The van der Waals surface area contributed by atoms with Gasteiger partial charge in [-0.15, -0.1) is 0 Å². The topological polar surface area (TPSA) is 0 Å². The predicted octanol–water partition coefficient (Wildman–Crippen LogP) is 3.35. The average Bonchev–Trinajstić information content (AvgIpc) is 1.91. The fourth-order valence-electron chi connectivity index (χ4n) is 0.818. The third-order valence-corrected chi connectivity index (χ3v) is 1.58. The van der Waals surface area contributed by atoms with Gasteiger partial charge in [-0.1, -0.05) is 25.0 Å².